The molecule has 0 amide bonds. The first-order valence-corrected chi connectivity index (χ1v) is 5.65. The van der Waals surface area contributed by atoms with Gasteiger partial charge in [-0.15, -0.1) is 0 Å². The third-order valence-electron chi connectivity index (χ3n) is 2.37. The third-order valence-corrected chi connectivity index (χ3v) is 2.87. The number of aromatic nitrogens is 2. The lowest BCUT2D eigenvalue weighted by atomic mass is 10.1. The summed E-state index contributed by atoms with van der Waals surface area (Å²) in [6.45, 7) is 0. The second-order valence-corrected chi connectivity index (χ2v) is 4.58. The molecule has 96 valence electrons. The second kappa shape index (κ2) is 4.38. The zero-order chi connectivity index (χ0) is 13.5. The van der Waals surface area contributed by atoms with Crippen LogP contribution in [0.3, 0.4) is 0 Å². The maximum absolute atomic E-state index is 13.6. The van der Waals surface area contributed by atoms with Crippen LogP contribution in [-0.4, -0.2) is 9.78 Å². The van der Waals surface area contributed by atoms with Gasteiger partial charge in [0.15, 0.2) is 5.69 Å². The largest absolute Gasteiger partial charge is 0.435 e. The standard InChI is InChI=1S/C11H7BrF4N2/c1-18-9(5-10(17-18)11(14,15)16)7-4-6(12)2-3-8(7)13/h2-5H,1H3. The molecule has 1 aromatic heterocycles. The van der Waals surface area contributed by atoms with Gasteiger partial charge in [0.2, 0.25) is 0 Å². The fraction of sp³-hybridized carbons (Fsp3) is 0.182. The van der Waals surface area contributed by atoms with Crippen molar-refractivity contribution in [3.63, 3.8) is 0 Å². The Labute approximate surface area is 108 Å². The van der Waals surface area contributed by atoms with E-state index in [1.165, 1.54) is 25.2 Å². The van der Waals surface area contributed by atoms with Crippen molar-refractivity contribution < 1.29 is 17.6 Å². The summed E-state index contributed by atoms with van der Waals surface area (Å²) in [5.41, 5.74) is -0.907. The van der Waals surface area contributed by atoms with Crippen LogP contribution in [0.1, 0.15) is 5.69 Å². The van der Waals surface area contributed by atoms with Crippen LogP contribution >= 0.6 is 15.9 Å². The summed E-state index contributed by atoms with van der Waals surface area (Å²) < 4.78 is 52.7. The molecule has 0 radical (unpaired) electrons. The van der Waals surface area contributed by atoms with E-state index in [1.54, 1.807) is 0 Å². The van der Waals surface area contributed by atoms with Gasteiger partial charge >= 0.3 is 6.18 Å². The van der Waals surface area contributed by atoms with Crippen molar-refractivity contribution in [3.8, 4) is 11.3 Å². The summed E-state index contributed by atoms with van der Waals surface area (Å²) >= 11 is 3.15. The predicted octanol–water partition coefficient (Wildman–Crippen LogP) is 4.01. The summed E-state index contributed by atoms with van der Waals surface area (Å²) in [6, 6.07) is 4.89. The lowest BCUT2D eigenvalue weighted by molar-refractivity contribution is -0.141. The molecule has 0 N–H and O–H groups in total. The molecule has 0 aliphatic carbocycles. The molecule has 0 fully saturated rings. The van der Waals surface area contributed by atoms with Crippen LogP contribution in [0, 0.1) is 5.82 Å². The maximum atomic E-state index is 13.6. The highest BCUT2D eigenvalue weighted by Crippen LogP contribution is 2.33. The molecule has 1 heterocycles. The molecule has 1 aromatic carbocycles. The lowest BCUT2D eigenvalue weighted by Crippen LogP contribution is -2.06. The van der Waals surface area contributed by atoms with Crippen molar-refractivity contribution >= 4 is 15.9 Å². The summed E-state index contributed by atoms with van der Waals surface area (Å²) in [4.78, 5) is 0. The molecule has 0 aliphatic heterocycles. The first kappa shape index (κ1) is 13.1. The van der Waals surface area contributed by atoms with Crippen LogP contribution in [0.25, 0.3) is 11.3 Å². The molecule has 0 spiro atoms. The molecule has 0 saturated heterocycles. The summed E-state index contributed by atoms with van der Waals surface area (Å²) in [5.74, 6) is -0.602. The quantitative estimate of drug-likeness (QED) is 0.725. The molecule has 2 aromatic rings. The first-order valence-electron chi connectivity index (χ1n) is 4.85. The minimum atomic E-state index is -4.54. The van der Waals surface area contributed by atoms with Crippen LogP contribution < -0.4 is 0 Å². The Kier molecular flexibility index (Phi) is 3.18. The summed E-state index contributed by atoms with van der Waals surface area (Å²) in [5, 5.41) is 3.34. The Bertz CT molecular complexity index is 589. The SMILES string of the molecule is Cn1nc(C(F)(F)F)cc1-c1cc(Br)ccc1F. The Morgan fingerprint density at radius 3 is 2.44 bits per heavy atom. The van der Waals surface area contributed by atoms with Crippen LogP contribution in [0.15, 0.2) is 28.7 Å². The fourth-order valence-electron chi connectivity index (χ4n) is 1.55. The van der Waals surface area contributed by atoms with E-state index >= 15 is 0 Å². The van der Waals surface area contributed by atoms with E-state index in [0.29, 0.717) is 4.47 Å². The highest BCUT2D eigenvalue weighted by atomic mass is 79.9. The first-order chi connectivity index (χ1) is 8.29. The van der Waals surface area contributed by atoms with Crippen LogP contribution in [0.5, 0.6) is 0 Å². The van der Waals surface area contributed by atoms with E-state index in [1.807, 2.05) is 0 Å². The van der Waals surface area contributed by atoms with Crippen molar-refractivity contribution in [2.75, 3.05) is 0 Å². The van der Waals surface area contributed by atoms with Gasteiger partial charge in [0.05, 0.1) is 5.69 Å². The number of halogens is 5. The van der Waals surface area contributed by atoms with Crippen LogP contribution in [-0.2, 0) is 13.2 Å². The van der Waals surface area contributed by atoms with E-state index in [-0.39, 0.29) is 11.3 Å². The molecule has 7 heteroatoms. The van der Waals surface area contributed by atoms with Crippen molar-refractivity contribution in [1.82, 2.24) is 9.78 Å². The Morgan fingerprint density at radius 2 is 1.89 bits per heavy atom. The number of hydrogen-bond donors (Lipinski definition) is 0. The minimum absolute atomic E-state index is 0.0647. The van der Waals surface area contributed by atoms with Gasteiger partial charge < -0.3 is 0 Å². The lowest BCUT2D eigenvalue weighted by Gasteiger charge is -2.03. The summed E-state index contributed by atoms with van der Waals surface area (Å²) in [6.07, 6.45) is -4.54. The molecular weight excluding hydrogens is 316 g/mol. The highest BCUT2D eigenvalue weighted by Gasteiger charge is 2.34. The zero-order valence-electron chi connectivity index (χ0n) is 9.09. The van der Waals surface area contributed by atoms with Crippen LogP contribution in [0.2, 0.25) is 0 Å². The van der Waals surface area contributed by atoms with Gasteiger partial charge in [0.1, 0.15) is 5.82 Å². The number of rotatable bonds is 1. The number of aryl methyl sites for hydroxylation is 1. The molecule has 0 bridgehead atoms. The van der Waals surface area contributed by atoms with E-state index in [9.17, 15) is 17.6 Å². The van der Waals surface area contributed by atoms with Crippen molar-refractivity contribution in [3.05, 3.63) is 40.2 Å². The van der Waals surface area contributed by atoms with Gasteiger partial charge in [-0.05, 0) is 24.3 Å². The fourth-order valence-corrected chi connectivity index (χ4v) is 1.91. The topological polar surface area (TPSA) is 17.8 Å². The van der Waals surface area contributed by atoms with Crippen molar-refractivity contribution in [2.45, 2.75) is 6.18 Å². The van der Waals surface area contributed by atoms with E-state index in [4.69, 9.17) is 0 Å². The minimum Gasteiger partial charge on any atom is -0.267 e. The average Bonchev–Trinajstić information content (AvgIpc) is 2.64. The maximum Gasteiger partial charge on any atom is 0.435 e. The summed E-state index contributed by atoms with van der Waals surface area (Å²) in [7, 11) is 1.34. The predicted molar refractivity (Wildman–Crippen MR) is 61.3 cm³/mol. The molecule has 2 nitrogen and oxygen atoms in total. The van der Waals surface area contributed by atoms with Gasteiger partial charge in [-0.2, -0.15) is 18.3 Å². The van der Waals surface area contributed by atoms with Gasteiger partial charge in [-0.25, -0.2) is 4.39 Å². The molecule has 0 saturated carbocycles. The average molecular weight is 323 g/mol. The van der Waals surface area contributed by atoms with Gasteiger partial charge in [0, 0.05) is 17.1 Å². The Morgan fingerprint density at radius 1 is 1.22 bits per heavy atom. The van der Waals surface area contributed by atoms with Crippen LogP contribution in [0.4, 0.5) is 17.6 Å². The molecule has 0 aliphatic rings. The molecule has 2 rings (SSSR count). The molecule has 0 unspecified atom stereocenters. The molecular formula is C11H7BrF4N2. The zero-order valence-corrected chi connectivity index (χ0v) is 10.7. The smallest absolute Gasteiger partial charge is 0.267 e. The second-order valence-electron chi connectivity index (χ2n) is 3.66. The number of alkyl halides is 3. The van der Waals surface area contributed by atoms with Gasteiger partial charge in [0.25, 0.3) is 0 Å². The Hall–Kier alpha value is -1.37. The monoisotopic (exact) mass is 322 g/mol. The number of nitrogens with zero attached hydrogens (tertiary/aromatic N) is 2. The normalized spacial score (nSPS) is 11.9. The van der Waals surface area contributed by atoms with E-state index in [2.05, 4.69) is 21.0 Å². The highest BCUT2D eigenvalue weighted by molar-refractivity contribution is 9.10. The number of hydrogen-bond acceptors (Lipinski definition) is 1. The van der Waals surface area contributed by atoms with E-state index in [0.717, 1.165) is 10.7 Å². The van der Waals surface area contributed by atoms with Crippen molar-refractivity contribution in [2.24, 2.45) is 7.05 Å². The molecule has 0 atom stereocenters. The molecule has 18 heavy (non-hydrogen) atoms. The van der Waals surface area contributed by atoms with E-state index < -0.39 is 17.7 Å². The van der Waals surface area contributed by atoms with Crippen molar-refractivity contribution in [1.29, 1.82) is 0 Å². The van der Waals surface area contributed by atoms with Gasteiger partial charge in [-0.1, -0.05) is 15.9 Å². The third kappa shape index (κ3) is 2.40. The number of benzene rings is 1. The Balaban J connectivity index is 2.58. The van der Waals surface area contributed by atoms with Gasteiger partial charge in [-0.3, -0.25) is 4.68 Å².